The number of hydrogen-bond acceptors (Lipinski definition) is 1. The zero-order valence-electron chi connectivity index (χ0n) is 11.5. The van der Waals surface area contributed by atoms with Crippen LogP contribution in [0.1, 0.15) is 22.8 Å². The van der Waals surface area contributed by atoms with E-state index in [1.165, 1.54) is 6.07 Å². The van der Waals surface area contributed by atoms with Gasteiger partial charge in [0, 0.05) is 9.86 Å². The third kappa shape index (κ3) is 2.59. The van der Waals surface area contributed by atoms with Crippen LogP contribution in [0, 0.1) is 12.7 Å². The van der Waals surface area contributed by atoms with Gasteiger partial charge in [0.1, 0.15) is 11.9 Å². The molecule has 0 saturated heterocycles. The molecular weight excluding hydrogens is 331 g/mol. The Hall–Kier alpha value is -1.71. The first-order valence-corrected chi connectivity index (χ1v) is 7.48. The van der Waals surface area contributed by atoms with Gasteiger partial charge in [0.05, 0.1) is 0 Å². The molecule has 1 nitrogen and oxygen atoms in total. The first-order valence-electron chi connectivity index (χ1n) is 6.69. The standard InChI is InChI=1S/C18H14BrFO/c1-11-10-12(19)6-7-13(11)18(21)16-8-9-17(20)15-5-3-2-4-14(15)16/h2-10,18,21H,1H3. The molecule has 0 spiro atoms. The van der Waals surface area contributed by atoms with Crippen LogP contribution in [0.3, 0.4) is 0 Å². The van der Waals surface area contributed by atoms with Gasteiger partial charge in [-0.1, -0.05) is 52.3 Å². The summed E-state index contributed by atoms with van der Waals surface area (Å²) >= 11 is 3.42. The molecule has 3 aromatic rings. The van der Waals surface area contributed by atoms with Crippen molar-refractivity contribution in [1.29, 1.82) is 0 Å². The van der Waals surface area contributed by atoms with Crippen LogP contribution in [-0.4, -0.2) is 5.11 Å². The molecule has 0 aliphatic heterocycles. The third-order valence-electron chi connectivity index (χ3n) is 3.73. The molecule has 21 heavy (non-hydrogen) atoms. The van der Waals surface area contributed by atoms with Crippen molar-refractivity contribution in [3.63, 3.8) is 0 Å². The zero-order chi connectivity index (χ0) is 15.0. The van der Waals surface area contributed by atoms with Crippen molar-refractivity contribution in [1.82, 2.24) is 0 Å². The van der Waals surface area contributed by atoms with Crippen LogP contribution >= 0.6 is 15.9 Å². The summed E-state index contributed by atoms with van der Waals surface area (Å²) in [5, 5.41) is 12.0. The van der Waals surface area contributed by atoms with Crippen molar-refractivity contribution in [2.24, 2.45) is 0 Å². The van der Waals surface area contributed by atoms with E-state index in [1.54, 1.807) is 18.2 Å². The molecule has 0 heterocycles. The molecule has 106 valence electrons. The summed E-state index contributed by atoms with van der Waals surface area (Å²) in [5.41, 5.74) is 2.54. The summed E-state index contributed by atoms with van der Waals surface area (Å²) in [6, 6.07) is 16.0. The van der Waals surface area contributed by atoms with Crippen LogP contribution in [0.25, 0.3) is 10.8 Å². The van der Waals surface area contributed by atoms with Crippen LogP contribution < -0.4 is 0 Å². The number of aliphatic hydroxyl groups is 1. The van der Waals surface area contributed by atoms with Crippen molar-refractivity contribution >= 4 is 26.7 Å². The highest BCUT2D eigenvalue weighted by Crippen LogP contribution is 2.32. The van der Waals surface area contributed by atoms with E-state index in [0.717, 1.165) is 26.5 Å². The molecule has 1 atom stereocenters. The lowest BCUT2D eigenvalue weighted by Gasteiger charge is -2.17. The fourth-order valence-corrected chi connectivity index (χ4v) is 3.11. The first kappa shape index (κ1) is 14.2. The van der Waals surface area contributed by atoms with E-state index in [4.69, 9.17) is 0 Å². The highest BCUT2D eigenvalue weighted by atomic mass is 79.9. The molecule has 1 N–H and O–H groups in total. The van der Waals surface area contributed by atoms with Gasteiger partial charge < -0.3 is 5.11 Å². The molecule has 0 radical (unpaired) electrons. The topological polar surface area (TPSA) is 20.2 Å². The fourth-order valence-electron chi connectivity index (χ4n) is 2.64. The number of rotatable bonds is 2. The number of benzene rings is 3. The van der Waals surface area contributed by atoms with E-state index in [2.05, 4.69) is 15.9 Å². The molecule has 0 saturated carbocycles. The monoisotopic (exact) mass is 344 g/mol. The largest absolute Gasteiger partial charge is 0.384 e. The molecule has 3 rings (SSSR count). The highest BCUT2D eigenvalue weighted by Gasteiger charge is 2.16. The molecule has 0 fully saturated rings. The average molecular weight is 345 g/mol. The summed E-state index contributed by atoms with van der Waals surface area (Å²) in [4.78, 5) is 0. The SMILES string of the molecule is Cc1cc(Br)ccc1C(O)c1ccc(F)c2ccccc12. The van der Waals surface area contributed by atoms with Crippen molar-refractivity contribution in [2.45, 2.75) is 13.0 Å². The summed E-state index contributed by atoms with van der Waals surface area (Å²) in [5.74, 6) is -0.269. The van der Waals surface area contributed by atoms with E-state index in [1.807, 2.05) is 37.3 Å². The molecule has 0 aromatic heterocycles. The van der Waals surface area contributed by atoms with E-state index < -0.39 is 6.10 Å². The van der Waals surface area contributed by atoms with Gasteiger partial charge in [-0.2, -0.15) is 0 Å². The van der Waals surface area contributed by atoms with E-state index in [-0.39, 0.29) is 5.82 Å². The number of aryl methyl sites for hydroxylation is 1. The van der Waals surface area contributed by atoms with Crippen LogP contribution in [0.4, 0.5) is 4.39 Å². The Balaban J connectivity index is 2.18. The van der Waals surface area contributed by atoms with Crippen molar-refractivity contribution in [2.75, 3.05) is 0 Å². The second-order valence-electron chi connectivity index (χ2n) is 5.09. The van der Waals surface area contributed by atoms with Gasteiger partial charge in [0.15, 0.2) is 0 Å². The second kappa shape index (κ2) is 5.58. The minimum atomic E-state index is -0.774. The van der Waals surface area contributed by atoms with Gasteiger partial charge in [-0.3, -0.25) is 0 Å². The van der Waals surface area contributed by atoms with Crippen LogP contribution in [-0.2, 0) is 0 Å². The molecule has 3 heteroatoms. The molecule has 3 aromatic carbocycles. The lowest BCUT2D eigenvalue weighted by molar-refractivity contribution is 0.221. The number of fused-ring (bicyclic) bond motifs is 1. The second-order valence-corrected chi connectivity index (χ2v) is 6.00. The quantitative estimate of drug-likeness (QED) is 0.683. The predicted molar refractivity (Wildman–Crippen MR) is 86.8 cm³/mol. The number of aliphatic hydroxyl groups excluding tert-OH is 1. The Bertz CT molecular complexity index is 813. The normalized spacial score (nSPS) is 12.6. The molecule has 0 aliphatic carbocycles. The van der Waals surface area contributed by atoms with Crippen LogP contribution in [0.2, 0.25) is 0 Å². The minimum absolute atomic E-state index is 0.269. The van der Waals surface area contributed by atoms with Gasteiger partial charge in [0.2, 0.25) is 0 Å². The Morgan fingerprint density at radius 3 is 2.33 bits per heavy atom. The molecule has 1 unspecified atom stereocenters. The van der Waals surface area contributed by atoms with E-state index >= 15 is 0 Å². The summed E-state index contributed by atoms with van der Waals surface area (Å²) < 4.78 is 14.8. The van der Waals surface area contributed by atoms with Gasteiger partial charge in [-0.25, -0.2) is 4.39 Å². The van der Waals surface area contributed by atoms with E-state index in [0.29, 0.717) is 5.39 Å². The third-order valence-corrected chi connectivity index (χ3v) is 4.22. The lowest BCUT2D eigenvalue weighted by Crippen LogP contribution is -2.03. The average Bonchev–Trinajstić information content (AvgIpc) is 2.47. The minimum Gasteiger partial charge on any atom is -0.384 e. The molecule has 0 bridgehead atoms. The van der Waals surface area contributed by atoms with Gasteiger partial charge in [0.25, 0.3) is 0 Å². The maximum absolute atomic E-state index is 13.9. The Morgan fingerprint density at radius 1 is 0.952 bits per heavy atom. The molecule has 0 amide bonds. The van der Waals surface area contributed by atoms with Crippen LogP contribution in [0.15, 0.2) is 59.1 Å². The highest BCUT2D eigenvalue weighted by molar-refractivity contribution is 9.10. The van der Waals surface area contributed by atoms with Gasteiger partial charge in [-0.15, -0.1) is 0 Å². The van der Waals surface area contributed by atoms with Crippen molar-refractivity contribution in [3.8, 4) is 0 Å². The summed E-state index contributed by atoms with van der Waals surface area (Å²) in [6.07, 6.45) is -0.774. The fraction of sp³-hybridized carbons (Fsp3) is 0.111. The number of hydrogen-bond donors (Lipinski definition) is 1. The van der Waals surface area contributed by atoms with Gasteiger partial charge in [-0.05, 0) is 47.2 Å². The maximum Gasteiger partial charge on any atom is 0.131 e. The van der Waals surface area contributed by atoms with E-state index in [9.17, 15) is 9.50 Å². The van der Waals surface area contributed by atoms with Gasteiger partial charge >= 0.3 is 0 Å². The summed E-state index contributed by atoms with van der Waals surface area (Å²) in [6.45, 7) is 1.95. The zero-order valence-corrected chi connectivity index (χ0v) is 13.1. The Morgan fingerprint density at radius 2 is 1.62 bits per heavy atom. The first-order chi connectivity index (χ1) is 10.1. The molecular formula is C18H14BrFO. The smallest absolute Gasteiger partial charge is 0.131 e. The van der Waals surface area contributed by atoms with Crippen LogP contribution in [0.5, 0.6) is 0 Å². The van der Waals surface area contributed by atoms with Crippen molar-refractivity contribution in [3.05, 3.63) is 81.6 Å². The lowest BCUT2D eigenvalue weighted by atomic mass is 9.93. The van der Waals surface area contributed by atoms with Crippen molar-refractivity contribution < 1.29 is 9.50 Å². The Labute approximate surface area is 131 Å². The predicted octanol–water partition coefficient (Wildman–Crippen LogP) is 5.13. The Kier molecular flexibility index (Phi) is 3.79. The summed E-state index contributed by atoms with van der Waals surface area (Å²) in [7, 11) is 0. The molecule has 0 aliphatic rings. The number of halogens is 2. The maximum atomic E-state index is 13.9.